The van der Waals surface area contributed by atoms with Crippen molar-refractivity contribution in [2.24, 2.45) is 0 Å². The molecule has 0 radical (unpaired) electrons. The fraction of sp³-hybridized carbons (Fsp3) is 0.350. The number of carbonyl (C=O) groups is 2. The molecule has 2 aromatic heterocycles. The maximum Gasteiger partial charge on any atom is 0.228 e. The van der Waals surface area contributed by atoms with Gasteiger partial charge in [-0.1, -0.05) is 12.1 Å². The number of carbonyl (C=O) groups excluding carboxylic acids is 2. The van der Waals surface area contributed by atoms with Crippen molar-refractivity contribution in [1.29, 1.82) is 0 Å². The standard InChI is InChI=1S/C20H22N6O2S/c1-14(15-5-7-17(8-6-15)26-13-21-12-22-26)24(2)19(28)10-16-11-29-20(23-16)25-9-3-4-18(25)27/h5-8,11-14H,3-4,9-10H2,1-2H3. The van der Waals surface area contributed by atoms with Crippen molar-refractivity contribution in [2.75, 3.05) is 18.5 Å². The summed E-state index contributed by atoms with van der Waals surface area (Å²) in [5.74, 6) is 0.0970. The van der Waals surface area contributed by atoms with Gasteiger partial charge < -0.3 is 4.90 Å². The highest BCUT2D eigenvalue weighted by atomic mass is 32.1. The highest BCUT2D eigenvalue weighted by Crippen LogP contribution is 2.26. The number of amides is 2. The molecule has 1 unspecified atom stereocenters. The third kappa shape index (κ3) is 4.04. The van der Waals surface area contributed by atoms with E-state index in [4.69, 9.17) is 0 Å². The van der Waals surface area contributed by atoms with Crippen molar-refractivity contribution in [3.05, 3.63) is 53.6 Å². The van der Waals surface area contributed by atoms with Crippen LogP contribution in [0.3, 0.4) is 0 Å². The van der Waals surface area contributed by atoms with Crippen molar-refractivity contribution in [3.8, 4) is 5.69 Å². The molecule has 3 heterocycles. The number of nitrogens with zero attached hydrogens (tertiary/aromatic N) is 6. The summed E-state index contributed by atoms with van der Waals surface area (Å²) in [4.78, 5) is 36.5. The number of aromatic nitrogens is 4. The largest absolute Gasteiger partial charge is 0.339 e. The summed E-state index contributed by atoms with van der Waals surface area (Å²) >= 11 is 1.42. The van der Waals surface area contributed by atoms with E-state index in [9.17, 15) is 9.59 Å². The van der Waals surface area contributed by atoms with Crippen molar-refractivity contribution in [2.45, 2.75) is 32.2 Å². The molecule has 1 atom stereocenters. The van der Waals surface area contributed by atoms with E-state index in [1.54, 1.807) is 27.9 Å². The van der Waals surface area contributed by atoms with Crippen LogP contribution < -0.4 is 4.90 Å². The highest BCUT2D eigenvalue weighted by molar-refractivity contribution is 7.14. The molecule has 1 aliphatic rings. The second-order valence-corrected chi connectivity index (χ2v) is 7.90. The van der Waals surface area contributed by atoms with E-state index in [1.807, 2.05) is 36.6 Å². The van der Waals surface area contributed by atoms with Crippen molar-refractivity contribution in [1.82, 2.24) is 24.6 Å². The van der Waals surface area contributed by atoms with Gasteiger partial charge >= 0.3 is 0 Å². The van der Waals surface area contributed by atoms with Crippen LogP contribution >= 0.6 is 11.3 Å². The van der Waals surface area contributed by atoms with Crippen LogP contribution in [0.1, 0.15) is 37.1 Å². The Labute approximate surface area is 172 Å². The Morgan fingerprint density at radius 2 is 2.10 bits per heavy atom. The normalized spacial score (nSPS) is 15.0. The summed E-state index contributed by atoms with van der Waals surface area (Å²) in [6.45, 7) is 2.71. The van der Waals surface area contributed by atoms with Crippen LogP contribution in [-0.2, 0) is 16.0 Å². The fourth-order valence-corrected chi connectivity index (χ4v) is 4.19. The Bertz CT molecular complexity index is 998. The Kier molecular flexibility index (Phi) is 5.39. The number of thiazole rings is 1. The van der Waals surface area contributed by atoms with E-state index >= 15 is 0 Å². The average Bonchev–Trinajstić information content (AvgIpc) is 3.49. The topological polar surface area (TPSA) is 84.2 Å². The van der Waals surface area contributed by atoms with Gasteiger partial charge in [-0.25, -0.2) is 14.6 Å². The molecular weight excluding hydrogens is 388 g/mol. The quantitative estimate of drug-likeness (QED) is 0.624. The van der Waals surface area contributed by atoms with Crippen LogP contribution in [0, 0.1) is 0 Å². The van der Waals surface area contributed by atoms with Crippen LogP contribution in [-0.4, -0.2) is 50.1 Å². The number of hydrogen-bond donors (Lipinski definition) is 0. The lowest BCUT2D eigenvalue weighted by Gasteiger charge is -2.25. The molecule has 1 aliphatic heterocycles. The SMILES string of the molecule is CC(c1ccc(-n2cncn2)cc1)N(C)C(=O)Cc1csc(N2CCCC2=O)n1. The van der Waals surface area contributed by atoms with Crippen molar-refractivity contribution >= 4 is 28.3 Å². The number of rotatable bonds is 6. The Balaban J connectivity index is 1.40. The summed E-state index contributed by atoms with van der Waals surface area (Å²) in [6, 6.07) is 7.82. The van der Waals surface area contributed by atoms with E-state index in [-0.39, 0.29) is 24.3 Å². The molecule has 0 saturated carbocycles. The lowest BCUT2D eigenvalue weighted by molar-refractivity contribution is -0.131. The molecule has 29 heavy (non-hydrogen) atoms. The molecule has 8 nitrogen and oxygen atoms in total. The molecule has 4 rings (SSSR count). The van der Waals surface area contributed by atoms with Gasteiger partial charge in [-0.2, -0.15) is 5.10 Å². The van der Waals surface area contributed by atoms with Gasteiger partial charge in [0.25, 0.3) is 0 Å². The lowest BCUT2D eigenvalue weighted by atomic mass is 10.1. The van der Waals surface area contributed by atoms with Gasteiger partial charge in [0.1, 0.15) is 12.7 Å². The lowest BCUT2D eigenvalue weighted by Crippen LogP contribution is -2.31. The summed E-state index contributed by atoms with van der Waals surface area (Å²) in [5.41, 5.74) is 2.65. The van der Waals surface area contributed by atoms with Crippen LogP contribution in [0.15, 0.2) is 42.3 Å². The van der Waals surface area contributed by atoms with Crippen molar-refractivity contribution in [3.63, 3.8) is 0 Å². The first-order valence-electron chi connectivity index (χ1n) is 9.48. The Hall–Kier alpha value is -3.07. The van der Waals surface area contributed by atoms with E-state index in [0.29, 0.717) is 23.8 Å². The van der Waals surface area contributed by atoms with E-state index < -0.39 is 0 Å². The molecule has 0 bridgehead atoms. The van der Waals surface area contributed by atoms with Gasteiger partial charge in [0.05, 0.1) is 23.8 Å². The Morgan fingerprint density at radius 3 is 2.76 bits per heavy atom. The molecule has 9 heteroatoms. The van der Waals surface area contributed by atoms with Gasteiger partial charge in [0, 0.05) is 25.4 Å². The minimum absolute atomic E-state index is 0.0116. The highest BCUT2D eigenvalue weighted by Gasteiger charge is 2.25. The molecule has 1 saturated heterocycles. The average molecular weight is 411 g/mol. The summed E-state index contributed by atoms with van der Waals surface area (Å²) in [5, 5.41) is 6.67. The molecule has 3 aromatic rings. The van der Waals surface area contributed by atoms with Gasteiger partial charge in [-0.15, -0.1) is 11.3 Å². The number of likely N-dealkylation sites (N-methyl/N-ethyl adjacent to an activating group) is 1. The monoisotopic (exact) mass is 410 g/mol. The maximum absolute atomic E-state index is 12.8. The molecule has 150 valence electrons. The molecule has 0 spiro atoms. The third-order valence-corrected chi connectivity index (χ3v) is 6.12. The van der Waals surface area contributed by atoms with E-state index in [1.165, 1.54) is 17.7 Å². The van der Waals surface area contributed by atoms with Crippen LogP contribution in [0.2, 0.25) is 0 Å². The first-order valence-corrected chi connectivity index (χ1v) is 10.4. The molecular formula is C20H22N6O2S. The molecule has 0 N–H and O–H groups in total. The van der Waals surface area contributed by atoms with E-state index in [0.717, 1.165) is 17.7 Å². The molecule has 0 aliphatic carbocycles. The first-order chi connectivity index (χ1) is 14.0. The predicted octanol–water partition coefficient (Wildman–Crippen LogP) is 2.61. The second kappa shape index (κ2) is 8.12. The zero-order chi connectivity index (χ0) is 20.4. The maximum atomic E-state index is 12.8. The number of hydrogen-bond acceptors (Lipinski definition) is 6. The number of anilines is 1. The zero-order valence-electron chi connectivity index (χ0n) is 16.4. The molecule has 1 fully saturated rings. The van der Waals surface area contributed by atoms with Gasteiger partial charge in [-0.05, 0) is 31.0 Å². The van der Waals surface area contributed by atoms with E-state index in [2.05, 4.69) is 15.1 Å². The van der Waals surface area contributed by atoms with Crippen LogP contribution in [0.4, 0.5) is 5.13 Å². The second-order valence-electron chi connectivity index (χ2n) is 7.06. The predicted molar refractivity (Wildman–Crippen MR) is 110 cm³/mol. The fourth-order valence-electron chi connectivity index (χ4n) is 3.32. The van der Waals surface area contributed by atoms with Gasteiger partial charge in [0.15, 0.2) is 5.13 Å². The summed E-state index contributed by atoms with van der Waals surface area (Å²) in [6.07, 6.45) is 4.79. The van der Waals surface area contributed by atoms with Gasteiger partial charge in [0.2, 0.25) is 11.8 Å². The van der Waals surface area contributed by atoms with Crippen molar-refractivity contribution < 1.29 is 9.59 Å². The number of benzene rings is 1. The van der Waals surface area contributed by atoms with Gasteiger partial charge in [-0.3, -0.25) is 14.5 Å². The van der Waals surface area contributed by atoms with Crippen LogP contribution in [0.25, 0.3) is 5.69 Å². The molecule has 1 aromatic carbocycles. The molecule has 2 amide bonds. The zero-order valence-corrected chi connectivity index (χ0v) is 17.2. The first kappa shape index (κ1) is 19.3. The Morgan fingerprint density at radius 1 is 1.31 bits per heavy atom. The third-order valence-electron chi connectivity index (χ3n) is 5.21. The van der Waals surface area contributed by atoms with Crippen LogP contribution in [0.5, 0.6) is 0 Å². The smallest absolute Gasteiger partial charge is 0.228 e. The minimum Gasteiger partial charge on any atom is -0.339 e. The summed E-state index contributed by atoms with van der Waals surface area (Å²) < 4.78 is 1.69. The minimum atomic E-state index is -0.0782. The summed E-state index contributed by atoms with van der Waals surface area (Å²) in [7, 11) is 1.80.